The van der Waals surface area contributed by atoms with Gasteiger partial charge in [-0.3, -0.25) is 14.5 Å². The average molecular weight is 293 g/mol. The van der Waals surface area contributed by atoms with Crippen LogP contribution in [-0.2, 0) is 9.59 Å². The van der Waals surface area contributed by atoms with Crippen LogP contribution in [0.5, 0.6) is 0 Å². The van der Waals surface area contributed by atoms with Gasteiger partial charge in [0.1, 0.15) is 0 Å². The Morgan fingerprint density at radius 2 is 1.76 bits per heavy atom. The number of imide groups is 1. The largest absolute Gasteiger partial charge is 0.305 e. The van der Waals surface area contributed by atoms with Crippen LogP contribution in [-0.4, -0.2) is 59.9 Å². The lowest BCUT2D eigenvalue weighted by Gasteiger charge is -2.26. The number of nitrogens with one attached hydrogen (secondary N) is 1. The Morgan fingerprint density at radius 3 is 2.38 bits per heavy atom. The molecule has 2 unspecified atom stereocenters. The molecule has 1 aliphatic carbocycles. The molecule has 0 aromatic heterocycles. The molecule has 3 rings (SSSR count). The highest BCUT2D eigenvalue weighted by molar-refractivity contribution is 6.05. The fourth-order valence-electron chi connectivity index (χ4n) is 4.04. The number of likely N-dealkylation sites (N-methyl/N-ethyl adjacent to an activating group) is 1. The van der Waals surface area contributed by atoms with E-state index < -0.39 is 0 Å². The van der Waals surface area contributed by atoms with Gasteiger partial charge in [-0.05, 0) is 32.9 Å². The van der Waals surface area contributed by atoms with Crippen LogP contribution in [0.15, 0.2) is 0 Å². The van der Waals surface area contributed by atoms with Crippen molar-refractivity contribution in [3.05, 3.63) is 0 Å². The summed E-state index contributed by atoms with van der Waals surface area (Å²) < 4.78 is 0. The number of hydrogen-bond acceptors (Lipinski definition) is 4. The summed E-state index contributed by atoms with van der Waals surface area (Å²) in [4.78, 5) is 28.8. The van der Waals surface area contributed by atoms with Crippen LogP contribution < -0.4 is 5.32 Å². The maximum atomic E-state index is 12.6. The Hall–Kier alpha value is -0.940. The zero-order valence-electron chi connectivity index (χ0n) is 13.0. The quantitative estimate of drug-likeness (QED) is 0.626. The van der Waals surface area contributed by atoms with Gasteiger partial charge in [-0.1, -0.05) is 25.7 Å². The predicted molar refractivity (Wildman–Crippen MR) is 80.8 cm³/mol. The van der Waals surface area contributed by atoms with Gasteiger partial charge in [0.05, 0.1) is 12.5 Å². The van der Waals surface area contributed by atoms with Crippen LogP contribution in [0.3, 0.4) is 0 Å². The van der Waals surface area contributed by atoms with Gasteiger partial charge in [-0.2, -0.15) is 0 Å². The Morgan fingerprint density at radius 1 is 1.05 bits per heavy atom. The van der Waals surface area contributed by atoms with E-state index in [4.69, 9.17) is 0 Å². The van der Waals surface area contributed by atoms with Crippen molar-refractivity contribution in [2.45, 2.75) is 69.5 Å². The summed E-state index contributed by atoms with van der Waals surface area (Å²) >= 11 is 0. The molecule has 1 saturated carbocycles. The smallest absolute Gasteiger partial charge is 0.247 e. The second-order valence-corrected chi connectivity index (χ2v) is 6.92. The van der Waals surface area contributed by atoms with Crippen molar-refractivity contribution >= 4 is 11.8 Å². The molecule has 0 bridgehead atoms. The fourth-order valence-corrected chi connectivity index (χ4v) is 4.04. The number of likely N-dealkylation sites (tertiary alicyclic amines) is 2. The molecule has 5 heteroatoms. The third kappa shape index (κ3) is 3.29. The van der Waals surface area contributed by atoms with Crippen LogP contribution in [0.1, 0.15) is 51.4 Å². The monoisotopic (exact) mass is 293 g/mol. The van der Waals surface area contributed by atoms with Crippen molar-refractivity contribution in [2.75, 3.05) is 20.1 Å². The van der Waals surface area contributed by atoms with Gasteiger partial charge < -0.3 is 10.2 Å². The van der Waals surface area contributed by atoms with E-state index in [1.54, 1.807) is 4.90 Å². The number of carbonyl (C=O) groups excluding carboxylic acids is 2. The molecule has 2 heterocycles. The second-order valence-electron chi connectivity index (χ2n) is 6.92. The van der Waals surface area contributed by atoms with E-state index in [2.05, 4.69) is 17.3 Å². The van der Waals surface area contributed by atoms with Gasteiger partial charge in [-0.25, -0.2) is 0 Å². The third-order valence-electron chi connectivity index (χ3n) is 5.20. The number of rotatable bonds is 3. The van der Waals surface area contributed by atoms with Crippen molar-refractivity contribution in [2.24, 2.45) is 0 Å². The molecule has 118 valence electrons. The molecule has 2 saturated heterocycles. The zero-order valence-corrected chi connectivity index (χ0v) is 13.0. The van der Waals surface area contributed by atoms with Gasteiger partial charge in [0.25, 0.3) is 0 Å². The number of carbonyl (C=O) groups is 2. The van der Waals surface area contributed by atoms with Crippen molar-refractivity contribution in [1.29, 1.82) is 0 Å². The van der Waals surface area contributed by atoms with Crippen LogP contribution in [0.4, 0.5) is 0 Å². The Labute approximate surface area is 127 Å². The van der Waals surface area contributed by atoms with Crippen LogP contribution in [0.2, 0.25) is 0 Å². The van der Waals surface area contributed by atoms with Crippen LogP contribution in [0.25, 0.3) is 0 Å². The molecular formula is C16H27N3O2. The van der Waals surface area contributed by atoms with Gasteiger partial charge >= 0.3 is 0 Å². The second kappa shape index (κ2) is 6.44. The summed E-state index contributed by atoms with van der Waals surface area (Å²) in [5.74, 6) is 0.0669. The predicted octanol–water partition coefficient (Wildman–Crippen LogP) is 1.13. The minimum absolute atomic E-state index is 0.0291. The first-order chi connectivity index (χ1) is 10.1. The first-order valence-corrected chi connectivity index (χ1v) is 8.45. The van der Waals surface area contributed by atoms with E-state index >= 15 is 0 Å². The molecule has 5 nitrogen and oxygen atoms in total. The molecular weight excluding hydrogens is 266 g/mol. The normalized spacial score (nSPS) is 32.9. The van der Waals surface area contributed by atoms with E-state index in [0.717, 1.165) is 45.2 Å². The molecule has 3 fully saturated rings. The number of nitrogens with zero attached hydrogens (tertiary/aromatic N) is 2. The van der Waals surface area contributed by atoms with Crippen LogP contribution in [0, 0.1) is 0 Å². The summed E-state index contributed by atoms with van der Waals surface area (Å²) in [5.41, 5.74) is 0. The van der Waals surface area contributed by atoms with E-state index in [1.165, 1.54) is 12.8 Å². The molecule has 0 spiro atoms. The highest BCUT2D eigenvalue weighted by atomic mass is 16.2. The van der Waals surface area contributed by atoms with Crippen molar-refractivity contribution < 1.29 is 9.59 Å². The number of hydrogen-bond donors (Lipinski definition) is 1. The maximum absolute atomic E-state index is 12.6. The Kier molecular flexibility index (Phi) is 4.60. The highest BCUT2D eigenvalue weighted by Gasteiger charge is 2.43. The lowest BCUT2D eigenvalue weighted by molar-refractivity contribution is -0.141. The lowest BCUT2D eigenvalue weighted by atomic mass is 10.1. The maximum Gasteiger partial charge on any atom is 0.247 e. The van der Waals surface area contributed by atoms with E-state index in [-0.39, 0.29) is 23.9 Å². The standard InChI is InChI=1S/C16H27N3O2/c1-18-9-8-12(11-18)17-14-10-15(20)19(16(14)21)13-6-4-2-3-5-7-13/h12-14,17H,2-11H2,1H3. The molecule has 3 aliphatic rings. The fraction of sp³-hybridized carbons (Fsp3) is 0.875. The lowest BCUT2D eigenvalue weighted by Crippen LogP contribution is -2.47. The third-order valence-corrected chi connectivity index (χ3v) is 5.20. The van der Waals surface area contributed by atoms with Gasteiger partial charge in [0, 0.05) is 18.6 Å². The molecule has 2 aliphatic heterocycles. The summed E-state index contributed by atoms with van der Waals surface area (Å²) in [5, 5.41) is 3.42. The van der Waals surface area contributed by atoms with E-state index in [1.807, 2.05) is 0 Å². The molecule has 1 N–H and O–H groups in total. The first-order valence-electron chi connectivity index (χ1n) is 8.45. The Balaban J connectivity index is 1.61. The minimum Gasteiger partial charge on any atom is -0.305 e. The minimum atomic E-state index is -0.280. The molecule has 2 atom stereocenters. The molecule has 0 aromatic rings. The summed E-state index contributed by atoms with van der Waals surface area (Å²) in [7, 11) is 2.10. The summed E-state index contributed by atoms with van der Waals surface area (Å²) in [6.45, 7) is 2.04. The van der Waals surface area contributed by atoms with Crippen LogP contribution >= 0.6 is 0 Å². The van der Waals surface area contributed by atoms with Crippen molar-refractivity contribution in [3.8, 4) is 0 Å². The SMILES string of the molecule is CN1CCC(NC2CC(=O)N(C3CCCCCC3)C2=O)C1. The molecule has 0 radical (unpaired) electrons. The summed E-state index contributed by atoms with van der Waals surface area (Å²) in [6.07, 6.45) is 8.19. The molecule has 21 heavy (non-hydrogen) atoms. The zero-order chi connectivity index (χ0) is 14.8. The van der Waals surface area contributed by atoms with Gasteiger partial charge in [-0.15, -0.1) is 0 Å². The average Bonchev–Trinajstić information content (AvgIpc) is 2.84. The van der Waals surface area contributed by atoms with Crippen molar-refractivity contribution in [3.63, 3.8) is 0 Å². The topological polar surface area (TPSA) is 52.7 Å². The molecule has 0 aromatic carbocycles. The van der Waals surface area contributed by atoms with Gasteiger partial charge in [0.15, 0.2) is 0 Å². The Bertz CT molecular complexity index is 404. The van der Waals surface area contributed by atoms with Gasteiger partial charge in [0.2, 0.25) is 11.8 Å². The molecule has 2 amide bonds. The highest BCUT2D eigenvalue weighted by Crippen LogP contribution is 2.27. The first kappa shape index (κ1) is 15.0. The van der Waals surface area contributed by atoms with Crippen molar-refractivity contribution in [1.82, 2.24) is 15.1 Å². The number of amides is 2. The summed E-state index contributed by atoms with van der Waals surface area (Å²) in [6, 6.07) is 0.230. The van der Waals surface area contributed by atoms with E-state index in [0.29, 0.717) is 12.5 Å². The van der Waals surface area contributed by atoms with E-state index in [9.17, 15) is 9.59 Å².